The van der Waals surface area contributed by atoms with Gasteiger partial charge in [0.05, 0.1) is 22.7 Å². The molecule has 0 amide bonds. The fraction of sp³-hybridized carbons (Fsp3) is 0.0370. The molecule has 0 saturated heterocycles. The molecule has 12 rings (SSSR count). The molecule has 0 aliphatic heterocycles. The fourth-order valence-electron chi connectivity index (χ4n) is 9.18. The Hall–Kier alpha value is -7.56. The van der Waals surface area contributed by atoms with Crippen LogP contribution in [0.4, 0.5) is 34.1 Å². The summed E-state index contributed by atoms with van der Waals surface area (Å²) in [6.07, 6.45) is 0. The van der Waals surface area contributed by atoms with Crippen molar-refractivity contribution in [2.45, 2.75) is 13.8 Å². The molecule has 2 aromatic heterocycles. The Kier molecular flexibility index (Phi) is 7.02. The van der Waals surface area contributed by atoms with E-state index in [0.717, 1.165) is 78.0 Å². The average Bonchev–Trinajstić information content (AvgIpc) is 3.85. The molecule has 0 saturated carbocycles. The number of anilines is 6. The molecule has 10 aromatic carbocycles. The molecule has 0 N–H and O–H groups in total. The maximum absolute atomic E-state index is 6.68. The quantitative estimate of drug-likeness (QED) is 0.159. The third kappa shape index (κ3) is 4.82. The summed E-state index contributed by atoms with van der Waals surface area (Å²) in [6.45, 7) is 4.27. The van der Waals surface area contributed by atoms with E-state index >= 15 is 0 Å². The summed E-state index contributed by atoms with van der Waals surface area (Å²) >= 11 is 0. The Bertz CT molecular complexity index is 3300. The number of hydrogen-bond acceptors (Lipinski definition) is 4. The van der Waals surface area contributed by atoms with Crippen molar-refractivity contribution in [3.63, 3.8) is 0 Å². The Labute approximate surface area is 334 Å². The van der Waals surface area contributed by atoms with E-state index in [1.807, 2.05) is 12.1 Å². The molecule has 4 heteroatoms. The molecule has 4 nitrogen and oxygen atoms in total. The van der Waals surface area contributed by atoms with Gasteiger partial charge in [0.25, 0.3) is 0 Å². The number of rotatable bonds is 6. The van der Waals surface area contributed by atoms with Gasteiger partial charge in [0.15, 0.2) is 11.2 Å². The van der Waals surface area contributed by atoms with Gasteiger partial charge in [-0.2, -0.15) is 0 Å². The van der Waals surface area contributed by atoms with Crippen LogP contribution < -0.4 is 9.80 Å². The topological polar surface area (TPSA) is 32.8 Å². The summed E-state index contributed by atoms with van der Waals surface area (Å²) in [5.74, 6) is 0. The second kappa shape index (κ2) is 12.5. The first-order valence-electron chi connectivity index (χ1n) is 19.8. The van der Waals surface area contributed by atoms with Gasteiger partial charge in [-0.1, -0.05) is 132 Å². The number of hydrogen-bond donors (Lipinski definition) is 0. The Balaban J connectivity index is 1.13. The Morgan fingerprint density at radius 3 is 1.16 bits per heavy atom. The summed E-state index contributed by atoms with van der Waals surface area (Å²) in [6, 6.07) is 65.4. The van der Waals surface area contributed by atoms with Gasteiger partial charge in [0.2, 0.25) is 0 Å². The van der Waals surface area contributed by atoms with Gasteiger partial charge in [-0.15, -0.1) is 0 Å². The van der Waals surface area contributed by atoms with Gasteiger partial charge in [-0.3, -0.25) is 0 Å². The lowest BCUT2D eigenvalue weighted by Gasteiger charge is -2.29. The first-order valence-corrected chi connectivity index (χ1v) is 19.8. The van der Waals surface area contributed by atoms with E-state index in [0.29, 0.717) is 0 Å². The zero-order valence-corrected chi connectivity index (χ0v) is 32.0. The summed E-state index contributed by atoms with van der Waals surface area (Å²) in [7, 11) is 0. The first-order chi connectivity index (χ1) is 28.6. The minimum atomic E-state index is 0.866. The van der Waals surface area contributed by atoms with Crippen LogP contribution in [0.2, 0.25) is 0 Å². The Morgan fingerprint density at radius 2 is 0.707 bits per heavy atom. The van der Waals surface area contributed by atoms with E-state index < -0.39 is 0 Å². The molecule has 0 radical (unpaired) electrons. The van der Waals surface area contributed by atoms with Crippen molar-refractivity contribution in [1.82, 2.24) is 0 Å². The zero-order chi connectivity index (χ0) is 38.5. The van der Waals surface area contributed by atoms with Crippen LogP contribution in [0.3, 0.4) is 0 Å². The smallest absolute Gasteiger partial charge is 0.159 e. The Morgan fingerprint density at radius 1 is 0.310 bits per heavy atom. The van der Waals surface area contributed by atoms with Crippen LogP contribution in [0.15, 0.2) is 191 Å². The monoisotopic (exact) mass is 744 g/mol. The molecule has 274 valence electrons. The molecule has 0 fully saturated rings. The summed E-state index contributed by atoms with van der Waals surface area (Å²) < 4.78 is 13.4. The van der Waals surface area contributed by atoms with E-state index in [4.69, 9.17) is 8.83 Å². The van der Waals surface area contributed by atoms with Crippen molar-refractivity contribution < 1.29 is 8.83 Å². The number of furan rings is 2. The van der Waals surface area contributed by atoms with Crippen molar-refractivity contribution in [3.05, 3.63) is 193 Å². The molecule has 2 heterocycles. The van der Waals surface area contributed by atoms with E-state index in [-0.39, 0.29) is 0 Å². The average molecular weight is 745 g/mol. The predicted octanol–water partition coefficient (Wildman–Crippen LogP) is 15.9. The highest BCUT2D eigenvalue weighted by atomic mass is 16.3. The van der Waals surface area contributed by atoms with Gasteiger partial charge in [0, 0.05) is 43.7 Å². The molecule has 58 heavy (non-hydrogen) atoms. The SMILES string of the molecule is Cc1ccc(N(c2ccc3ccc4c(N(c5ccc(C)cc5)c5cccc6c5oc5ccccc56)ccc5ccc2c3c54)c2cccc3c2oc2ccccc23)cc1. The normalized spacial score (nSPS) is 12.0. The standard InChI is InChI=1S/C54H36N2O2/c1-33-17-25-37(26-18-33)55(47-13-7-11-41-39-9-3-5-15-49(39)57-53(41)47)45-31-23-35-22-30-44-46(32-24-36-21-29-43(45)51(35)52(36)44)56(38-27-19-34(2)20-28-38)48-14-8-12-42-40-10-4-6-16-50(40)58-54(42)48/h3-32H,1-2H3. The number of aryl methyl sites for hydroxylation is 2. The molecular formula is C54H36N2O2. The van der Waals surface area contributed by atoms with Crippen LogP contribution >= 0.6 is 0 Å². The van der Waals surface area contributed by atoms with Crippen LogP contribution in [0.1, 0.15) is 11.1 Å². The summed E-state index contributed by atoms with van der Waals surface area (Å²) in [5, 5.41) is 11.6. The minimum absolute atomic E-state index is 0.866. The van der Waals surface area contributed by atoms with Crippen molar-refractivity contribution in [2.24, 2.45) is 0 Å². The third-order valence-corrected chi connectivity index (χ3v) is 11.9. The lowest BCUT2D eigenvalue weighted by molar-refractivity contribution is 0.669. The van der Waals surface area contributed by atoms with Crippen LogP contribution in [0, 0.1) is 13.8 Å². The highest BCUT2D eigenvalue weighted by molar-refractivity contribution is 6.28. The van der Waals surface area contributed by atoms with E-state index in [1.54, 1.807) is 0 Å². The largest absolute Gasteiger partial charge is 0.454 e. The molecule has 0 atom stereocenters. The molecule has 0 aliphatic rings. The predicted molar refractivity (Wildman–Crippen MR) is 244 cm³/mol. The van der Waals surface area contributed by atoms with Crippen LogP contribution in [-0.2, 0) is 0 Å². The third-order valence-electron chi connectivity index (χ3n) is 11.9. The second-order valence-electron chi connectivity index (χ2n) is 15.4. The van der Waals surface area contributed by atoms with Crippen molar-refractivity contribution in [2.75, 3.05) is 9.80 Å². The molecule has 0 bridgehead atoms. The van der Waals surface area contributed by atoms with Gasteiger partial charge < -0.3 is 18.6 Å². The van der Waals surface area contributed by atoms with Gasteiger partial charge in [-0.25, -0.2) is 0 Å². The van der Waals surface area contributed by atoms with E-state index in [2.05, 4.69) is 194 Å². The van der Waals surface area contributed by atoms with Gasteiger partial charge >= 0.3 is 0 Å². The van der Waals surface area contributed by atoms with Crippen molar-refractivity contribution >= 4 is 110 Å². The van der Waals surface area contributed by atoms with E-state index in [1.165, 1.54) is 43.4 Å². The molecular weight excluding hydrogens is 709 g/mol. The lowest BCUT2D eigenvalue weighted by Crippen LogP contribution is -2.12. The first kappa shape index (κ1) is 32.7. The maximum Gasteiger partial charge on any atom is 0.159 e. The lowest BCUT2D eigenvalue weighted by atomic mass is 9.91. The fourth-order valence-corrected chi connectivity index (χ4v) is 9.18. The number of para-hydroxylation sites is 4. The summed E-state index contributed by atoms with van der Waals surface area (Å²) in [4.78, 5) is 4.75. The minimum Gasteiger partial charge on any atom is -0.454 e. The molecule has 0 aliphatic carbocycles. The number of benzene rings is 10. The highest BCUT2D eigenvalue weighted by Gasteiger charge is 2.25. The second-order valence-corrected chi connectivity index (χ2v) is 15.4. The van der Waals surface area contributed by atoms with Crippen molar-refractivity contribution in [3.8, 4) is 0 Å². The van der Waals surface area contributed by atoms with Gasteiger partial charge in [-0.05, 0) is 96.1 Å². The van der Waals surface area contributed by atoms with Crippen molar-refractivity contribution in [1.29, 1.82) is 0 Å². The van der Waals surface area contributed by atoms with Crippen LogP contribution in [0.25, 0.3) is 76.2 Å². The number of fused-ring (bicyclic) bond motifs is 6. The highest BCUT2D eigenvalue weighted by Crippen LogP contribution is 2.50. The molecule has 0 unspecified atom stereocenters. The van der Waals surface area contributed by atoms with Crippen LogP contribution in [-0.4, -0.2) is 0 Å². The maximum atomic E-state index is 6.68. The van der Waals surface area contributed by atoms with Crippen LogP contribution in [0.5, 0.6) is 0 Å². The van der Waals surface area contributed by atoms with Gasteiger partial charge in [0.1, 0.15) is 11.2 Å². The van der Waals surface area contributed by atoms with E-state index in [9.17, 15) is 0 Å². The zero-order valence-electron chi connectivity index (χ0n) is 32.0. The molecule has 0 spiro atoms. The molecule has 12 aromatic rings. The number of nitrogens with zero attached hydrogens (tertiary/aromatic N) is 2. The summed E-state index contributed by atoms with van der Waals surface area (Å²) in [5.41, 5.74) is 12.2.